The van der Waals surface area contributed by atoms with Gasteiger partial charge in [-0.25, -0.2) is 4.79 Å². The molecule has 1 rings (SSSR count). The second kappa shape index (κ2) is 9.90. The number of hydrogen-bond acceptors (Lipinski definition) is 5. The summed E-state index contributed by atoms with van der Waals surface area (Å²) in [6, 6.07) is 9.58. The monoisotopic (exact) mass is 360 g/mol. The molecule has 0 fully saturated rings. The molecule has 5 nitrogen and oxygen atoms in total. The maximum absolute atomic E-state index is 12.4. The zero-order valence-electron chi connectivity index (χ0n) is 16.2. The van der Waals surface area contributed by atoms with E-state index in [2.05, 4.69) is 4.74 Å². The van der Waals surface area contributed by atoms with Crippen molar-refractivity contribution in [3.8, 4) is 0 Å². The van der Waals surface area contributed by atoms with E-state index in [4.69, 9.17) is 4.74 Å². The molecule has 142 valence electrons. The van der Waals surface area contributed by atoms with Gasteiger partial charge in [0.05, 0.1) is 7.11 Å². The molecule has 0 aromatic heterocycles. The molecule has 0 N–H and O–H groups in total. The number of carbonyl (C=O) groups is 3. The molecular weight excluding hydrogens is 332 g/mol. The fourth-order valence-corrected chi connectivity index (χ4v) is 2.60. The number of Topliss-reactive ketones (excluding diaryl/α,β-unsaturated/α-hetero) is 1. The summed E-state index contributed by atoms with van der Waals surface area (Å²) in [6.45, 7) is 7.23. The number of hydrogen-bond donors (Lipinski definition) is 0. The molecule has 0 spiro atoms. The van der Waals surface area contributed by atoms with E-state index < -0.39 is 17.5 Å². The van der Waals surface area contributed by atoms with Crippen LogP contribution >= 0.6 is 0 Å². The summed E-state index contributed by atoms with van der Waals surface area (Å²) >= 11 is 0. The van der Waals surface area contributed by atoms with Crippen molar-refractivity contribution < 1.29 is 23.9 Å². The first-order valence-corrected chi connectivity index (χ1v) is 8.67. The molecule has 1 aromatic carbocycles. The molecule has 0 saturated heterocycles. The molecule has 5 heteroatoms. The van der Waals surface area contributed by atoms with Gasteiger partial charge in [-0.2, -0.15) is 0 Å². The van der Waals surface area contributed by atoms with Crippen LogP contribution in [0.25, 0.3) is 0 Å². The standard InChI is InChI=1S/C21H28O5/c1-15(11-12-19(23)25-5)18(16-9-7-6-8-10-16)13-17(22)14-20(24)26-21(2,3)4/h6-12,15,18H,13-14H2,1-5H3/b12-11+/t15-,18+/m1/s1. The van der Waals surface area contributed by atoms with E-state index in [0.717, 1.165) is 5.56 Å². The average Bonchev–Trinajstić information content (AvgIpc) is 2.56. The quantitative estimate of drug-likeness (QED) is 0.400. The lowest BCUT2D eigenvalue weighted by atomic mass is 9.82. The lowest BCUT2D eigenvalue weighted by molar-refractivity contribution is -0.156. The Balaban J connectivity index is 2.86. The molecule has 1 aromatic rings. The van der Waals surface area contributed by atoms with Crippen molar-refractivity contribution in [2.24, 2.45) is 5.92 Å². The number of rotatable bonds is 8. The molecule has 0 heterocycles. The van der Waals surface area contributed by atoms with Crippen molar-refractivity contribution >= 4 is 17.7 Å². The van der Waals surface area contributed by atoms with Gasteiger partial charge in [-0.05, 0) is 38.2 Å². The highest BCUT2D eigenvalue weighted by molar-refractivity contribution is 5.96. The van der Waals surface area contributed by atoms with Crippen molar-refractivity contribution in [2.75, 3.05) is 7.11 Å². The third-order valence-electron chi connectivity index (χ3n) is 3.81. The number of ether oxygens (including phenoxy) is 2. The predicted molar refractivity (Wildman–Crippen MR) is 99.6 cm³/mol. The van der Waals surface area contributed by atoms with E-state index in [9.17, 15) is 14.4 Å². The maximum atomic E-state index is 12.4. The Morgan fingerprint density at radius 1 is 1.12 bits per heavy atom. The number of benzene rings is 1. The second-order valence-electron chi connectivity index (χ2n) is 7.26. The first-order chi connectivity index (χ1) is 12.1. The fraction of sp³-hybridized carbons (Fsp3) is 0.476. The molecular formula is C21H28O5. The molecule has 0 aliphatic carbocycles. The van der Waals surface area contributed by atoms with Crippen molar-refractivity contribution in [3.63, 3.8) is 0 Å². The van der Waals surface area contributed by atoms with Crippen LogP contribution in [0.4, 0.5) is 0 Å². The van der Waals surface area contributed by atoms with Crippen LogP contribution in [0, 0.1) is 5.92 Å². The third kappa shape index (κ3) is 8.10. The van der Waals surface area contributed by atoms with E-state index >= 15 is 0 Å². The Hall–Kier alpha value is -2.43. The van der Waals surface area contributed by atoms with Crippen molar-refractivity contribution in [1.82, 2.24) is 0 Å². The van der Waals surface area contributed by atoms with Gasteiger partial charge in [-0.1, -0.05) is 43.3 Å². The van der Waals surface area contributed by atoms with Gasteiger partial charge in [-0.15, -0.1) is 0 Å². The van der Waals surface area contributed by atoms with E-state index in [0.29, 0.717) is 0 Å². The minimum absolute atomic E-state index is 0.0842. The van der Waals surface area contributed by atoms with Crippen LogP contribution in [-0.2, 0) is 23.9 Å². The first-order valence-electron chi connectivity index (χ1n) is 8.67. The molecule has 0 aliphatic heterocycles. The molecule has 0 saturated carbocycles. The van der Waals surface area contributed by atoms with Gasteiger partial charge in [0, 0.05) is 12.5 Å². The zero-order chi connectivity index (χ0) is 19.7. The van der Waals surface area contributed by atoms with Crippen LogP contribution in [0.1, 0.15) is 52.0 Å². The number of ketones is 1. The molecule has 0 unspecified atom stereocenters. The summed E-state index contributed by atoms with van der Waals surface area (Å²) in [5.41, 5.74) is 0.360. The number of methoxy groups -OCH3 is 1. The smallest absolute Gasteiger partial charge is 0.330 e. The van der Waals surface area contributed by atoms with Crippen LogP contribution in [0.2, 0.25) is 0 Å². The van der Waals surface area contributed by atoms with Gasteiger partial charge in [-0.3, -0.25) is 9.59 Å². The summed E-state index contributed by atoms with van der Waals surface area (Å²) in [5, 5.41) is 0. The summed E-state index contributed by atoms with van der Waals surface area (Å²) in [6.07, 6.45) is 3.02. The number of carbonyl (C=O) groups excluding carboxylic acids is 3. The van der Waals surface area contributed by atoms with E-state index in [1.54, 1.807) is 26.8 Å². The van der Waals surface area contributed by atoms with Gasteiger partial charge in [0.1, 0.15) is 17.8 Å². The van der Waals surface area contributed by atoms with Crippen molar-refractivity contribution in [1.29, 1.82) is 0 Å². The Kier molecular flexibility index (Phi) is 8.23. The normalized spacial score (nSPS) is 13.9. The summed E-state index contributed by atoms with van der Waals surface area (Å²) in [5.74, 6) is -1.38. The van der Waals surface area contributed by atoms with E-state index in [-0.39, 0.29) is 30.5 Å². The summed E-state index contributed by atoms with van der Waals surface area (Å²) in [4.78, 5) is 35.6. The Morgan fingerprint density at radius 3 is 2.27 bits per heavy atom. The minimum Gasteiger partial charge on any atom is -0.466 e. The minimum atomic E-state index is -0.618. The van der Waals surface area contributed by atoms with Crippen LogP contribution in [0.3, 0.4) is 0 Å². The van der Waals surface area contributed by atoms with Gasteiger partial charge in [0.2, 0.25) is 0 Å². The third-order valence-corrected chi connectivity index (χ3v) is 3.81. The molecule has 0 radical (unpaired) electrons. The maximum Gasteiger partial charge on any atom is 0.330 e. The lowest BCUT2D eigenvalue weighted by Gasteiger charge is -2.22. The zero-order valence-corrected chi connectivity index (χ0v) is 16.2. The number of allylic oxidation sites excluding steroid dienone is 1. The van der Waals surface area contributed by atoms with Crippen LogP contribution in [-0.4, -0.2) is 30.4 Å². The first kappa shape index (κ1) is 21.6. The number of esters is 2. The predicted octanol–water partition coefficient (Wildman–Crippen LogP) is 3.83. The van der Waals surface area contributed by atoms with Gasteiger partial charge >= 0.3 is 11.9 Å². The highest BCUT2D eigenvalue weighted by Gasteiger charge is 2.24. The van der Waals surface area contributed by atoms with Crippen LogP contribution in [0.5, 0.6) is 0 Å². The molecule has 0 bridgehead atoms. The lowest BCUT2D eigenvalue weighted by Crippen LogP contribution is -2.26. The molecule has 2 atom stereocenters. The Morgan fingerprint density at radius 2 is 1.73 bits per heavy atom. The van der Waals surface area contributed by atoms with Crippen LogP contribution in [0.15, 0.2) is 42.5 Å². The Bertz CT molecular complexity index is 640. The average molecular weight is 360 g/mol. The van der Waals surface area contributed by atoms with Gasteiger partial charge in [0.25, 0.3) is 0 Å². The fourth-order valence-electron chi connectivity index (χ4n) is 2.60. The van der Waals surface area contributed by atoms with Gasteiger partial charge < -0.3 is 9.47 Å². The molecule has 0 amide bonds. The topological polar surface area (TPSA) is 69.7 Å². The summed E-state index contributed by atoms with van der Waals surface area (Å²) < 4.78 is 9.83. The molecule has 26 heavy (non-hydrogen) atoms. The summed E-state index contributed by atoms with van der Waals surface area (Å²) in [7, 11) is 1.32. The highest BCUT2D eigenvalue weighted by atomic mass is 16.6. The van der Waals surface area contributed by atoms with Gasteiger partial charge in [0.15, 0.2) is 0 Å². The Labute approximate surface area is 155 Å². The second-order valence-corrected chi connectivity index (χ2v) is 7.26. The highest BCUT2D eigenvalue weighted by Crippen LogP contribution is 2.30. The largest absolute Gasteiger partial charge is 0.466 e. The van der Waals surface area contributed by atoms with E-state index in [1.165, 1.54) is 13.2 Å². The molecule has 0 aliphatic rings. The van der Waals surface area contributed by atoms with Crippen LogP contribution < -0.4 is 0 Å². The van der Waals surface area contributed by atoms with Crippen molar-refractivity contribution in [2.45, 2.75) is 52.1 Å². The SMILES string of the molecule is COC(=O)/C=C/[C@@H](C)[C@H](CC(=O)CC(=O)OC(C)(C)C)c1ccccc1. The van der Waals surface area contributed by atoms with Crippen molar-refractivity contribution in [3.05, 3.63) is 48.0 Å². The van der Waals surface area contributed by atoms with E-state index in [1.807, 2.05) is 37.3 Å².